The zero-order valence-corrected chi connectivity index (χ0v) is 16.5. The lowest BCUT2D eigenvalue weighted by Gasteiger charge is -2.17. The summed E-state index contributed by atoms with van der Waals surface area (Å²) in [6.45, 7) is 6.99. The second kappa shape index (κ2) is 11.3. The molecule has 152 valence electrons. The molecule has 0 unspecified atom stereocenters. The van der Waals surface area contributed by atoms with E-state index >= 15 is 0 Å². The predicted molar refractivity (Wildman–Crippen MR) is 103 cm³/mol. The number of carbonyl (C=O) groups excluding carboxylic acids is 1. The highest BCUT2D eigenvalue weighted by Gasteiger charge is 2.30. The highest BCUT2D eigenvalue weighted by Crippen LogP contribution is 2.33. The maximum absolute atomic E-state index is 12.5. The highest BCUT2D eigenvalue weighted by molar-refractivity contribution is 5.70. The topological polar surface area (TPSA) is 50.1 Å². The summed E-state index contributed by atoms with van der Waals surface area (Å²) in [5.41, 5.74) is 2.81. The van der Waals surface area contributed by atoms with E-state index in [1.165, 1.54) is 12.1 Å². The van der Waals surface area contributed by atoms with E-state index in [4.69, 9.17) is 5.26 Å². The van der Waals surface area contributed by atoms with E-state index in [1.807, 2.05) is 6.08 Å². The number of rotatable bonds is 5. The Morgan fingerprint density at radius 2 is 1.89 bits per heavy atom. The fourth-order valence-corrected chi connectivity index (χ4v) is 2.64. The van der Waals surface area contributed by atoms with Gasteiger partial charge in [0.15, 0.2) is 0 Å². The van der Waals surface area contributed by atoms with Crippen molar-refractivity contribution in [3.63, 3.8) is 0 Å². The Hall–Kier alpha value is -2.55. The average Bonchev–Trinajstić information content (AvgIpc) is 2.67. The number of halogens is 3. The second-order valence-electron chi connectivity index (χ2n) is 7.01. The van der Waals surface area contributed by atoms with E-state index in [9.17, 15) is 18.0 Å². The molecule has 0 atom stereocenters. The van der Waals surface area contributed by atoms with Crippen LogP contribution >= 0.6 is 0 Å². The molecule has 1 aliphatic rings. The number of nitriles is 1. The third-order valence-electron chi connectivity index (χ3n) is 4.35. The Balaban J connectivity index is 0.000000416. The van der Waals surface area contributed by atoms with Gasteiger partial charge < -0.3 is 4.74 Å². The lowest BCUT2D eigenvalue weighted by Crippen LogP contribution is -2.04. The summed E-state index contributed by atoms with van der Waals surface area (Å²) >= 11 is 0. The normalized spacial score (nSPS) is 15.7. The van der Waals surface area contributed by atoms with Gasteiger partial charge in [-0.2, -0.15) is 18.4 Å². The molecule has 0 fully saturated rings. The van der Waals surface area contributed by atoms with Crippen LogP contribution in [0, 0.1) is 17.2 Å². The number of benzene rings is 1. The lowest BCUT2D eigenvalue weighted by molar-refractivity contribution is -0.137. The quantitative estimate of drug-likeness (QED) is 0.334. The zero-order valence-electron chi connectivity index (χ0n) is 16.5. The molecule has 28 heavy (non-hydrogen) atoms. The van der Waals surface area contributed by atoms with Crippen LogP contribution < -0.4 is 0 Å². The minimum absolute atomic E-state index is 0.488. The number of nitrogens with zero attached hydrogens (tertiary/aromatic N) is 1. The molecule has 0 N–H and O–H groups in total. The molecular formula is C22H26F3NO2. The Labute approximate surface area is 164 Å². The molecule has 1 aromatic rings. The largest absolute Gasteiger partial charge is 0.468 e. The third-order valence-corrected chi connectivity index (χ3v) is 4.35. The number of alkyl halides is 3. The van der Waals surface area contributed by atoms with Gasteiger partial charge in [-0.25, -0.2) is 0 Å². The van der Waals surface area contributed by atoms with E-state index in [2.05, 4.69) is 24.7 Å². The maximum atomic E-state index is 12.5. The van der Waals surface area contributed by atoms with Crippen LogP contribution in [0.5, 0.6) is 0 Å². The molecule has 0 aromatic heterocycles. The third kappa shape index (κ3) is 7.99. The first kappa shape index (κ1) is 23.5. The van der Waals surface area contributed by atoms with Gasteiger partial charge in [-0.15, -0.1) is 0 Å². The van der Waals surface area contributed by atoms with E-state index in [1.54, 1.807) is 6.92 Å². The van der Waals surface area contributed by atoms with Crippen molar-refractivity contribution in [3.8, 4) is 6.07 Å². The van der Waals surface area contributed by atoms with Gasteiger partial charge >= 0.3 is 6.18 Å². The molecule has 0 amide bonds. The molecule has 1 aromatic carbocycles. The van der Waals surface area contributed by atoms with E-state index in [0.29, 0.717) is 24.6 Å². The molecular weight excluding hydrogens is 367 g/mol. The number of allylic oxidation sites excluding steroid dienone is 4. The molecule has 0 aliphatic heterocycles. The van der Waals surface area contributed by atoms with E-state index < -0.39 is 11.7 Å². The van der Waals surface area contributed by atoms with Gasteiger partial charge in [0.2, 0.25) is 0 Å². The van der Waals surface area contributed by atoms with Crippen molar-refractivity contribution >= 4 is 12.0 Å². The van der Waals surface area contributed by atoms with Crippen LogP contribution in [0.25, 0.3) is 5.57 Å². The van der Waals surface area contributed by atoms with Crippen molar-refractivity contribution in [1.82, 2.24) is 0 Å². The summed E-state index contributed by atoms with van der Waals surface area (Å²) in [5, 5.41) is 8.91. The minimum Gasteiger partial charge on any atom is -0.468 e. The van der Waals surface area contributed by atoms with Crippen LogP contribution in [0.15, 0.2) is 41.5 Å². The fourth-order valence-electron chi connectivity index (χ4n) is 2.64. The number of ether oxygens (including phenoxy) is 1. The summed E-state index contributed by atoms with van der Waals surface area (Å²) in [5.74, 6) is 0.620. The molecule has 0 saturated heterocycles. The molecule has 0 spiro atoms. The predicted octanol–water partition coefficient (Wildman–Crippen LogP) is 6.32. The fraction of sp³-hybridized carbons (Fsp3) is 0.455. The maximum Gasteiger partial charge on any atom is 0.416 e. The van der Waals surface area contributed by atoms with Crippen LogP contribution in [0.2, 0.25) is 0 Å². The van der Waals surface area contributed by atoms with Crippen LogP contribution in [0.3, 0.4) is 0 Å². The standard InChI is InChI=1S/C16H14F3N.C6H12O2/c1-11(10-20)13-3-2-4-14(9-13)12-5-7-15(8-6-12)16(17,18)19;1-6(2)3-4-8-5-7/h5-9H,2-4H2,1H3;5-6H,3-4H2,1-2H3/b13-11-;. The molecule has 0 heterocycles. The highest BCUT2D eigenvalue weighted by atomic mass is 19.4. The minimum atomic E-state index is -4.30. The van der Waals surface area contributed by atoms with Crippen molar-refractivity contribution in [2.45, 2.75) is 52.6 Å². The van der Waals surface area contributed by atoms with Gasteiger partial charge in [-0.3, -0.25) is 4.79 Å². The van der Waals surface area contributed by atoms with Crippen molar-refractivity contribution < 1.29 is 22.7 Å². The van der Waals surface area contributed by atoms with Crippen molar-refractivity contribution in [3.05, 3.63) is 52.6 Å². The van der Waals surface area contributed by atoms with Gasteiger partial charge in [-0.1, -0.05) is 32.1 Å². The van der Waals surface area contributed by atoms with Crippen molar-refractivity contribution in [2.24, 2.45) is 5.92 Å². The van der Waals surface area contributed by atoms with Gasteiger partial charge in [0.05, 0.1) is 18.2 Å². The number of carbonyl (C=O) groups is 1. The second-order valence-corrected chi connectivity index (χ2v) is 7.01. The summed E-state index contributed by atoms with van der Waals surface area (Å²) in [7, 11) is 0. The summed E-state index contributed by atoms with van der Waals surface area (Å²) in [6, 6.07) is 7.33. The molecule has 0 saturated carbocycles. The Bertz CT molecular complexity index is 739. The van der Waals surface area contributed by atoms with Gasteiger partial charge in [0.1, 0.15) is 0 Å². The summed E-state index contributed by atoms with van der Waals surface area (Å²) in [6.07, 6.45) is 1.18. The monoisotopic (exact) mass is 393 g/mol. The van der Waals surface area contributed by atoms with Crippen molar-refractivity contribution in [2.75, 3.05) is 6.61 Å². The Morgan fingerprint density at radius 3 is 2.39 bits per heavy atom. The van der Waals surface area contributed by atoms with Crippen molar-refractivity contribution in [1.29, 1.82) is 5.26 Å². The first-order valence-electron chi connectivity index (χ1n) is 9.22. The Kier molecular flexibility index (Phi) is 9.50. The Morgan fingerprint density at radius 1 is 1.25 bits per heavy atom. The molecule has 1 aliphatic carbocycles. The molecule has 6 heteroatoms. The van der Waals surface area contributed by atoms with Gasteiger partial charge in [0.25, 0.3) is 6.47 Å². The summed E-state index contributed by atoms with van der Waals surface area (Å²) < 4.78 is 42.0. The number of hydrogen-bond acceptors (Lipinski definition) is 3. The zero-order chi connectivity index (χ0) is 21.2. The van der Waals surface area contributed by atoms with Crippen LogP contribution in [-0.2, 0) is 15.7 Å². The van der Waals surface area contributed by atoms with E-state index in [0.717, 1.165) is 54.5 Å². The first-order valence-corrected chi connectivity index (χ1v) is 9.22. The molecule has 3 nitrogen and oxygen atoms in total. The average molecular weight is 393 g/mol. The smallest absolute Gasteiger partial charge is 0.416 e. The van der Waals surface area contributed by atoms with Crippen LogP contribution in [0.4, 0.5) is 13.2 Å². The number of hydrogen-bond donors (Lipinski definition) is 0. The van der Waals surface area contributed by atoms with Crippen LogP contribution in [-0.4, -0.2) is 13.1 Å². The van der Waals surface area contributed by atoms with Crippen LogP contribution in [0.1, 0.15) is 57.6 Å². The lowest BCUT2D eigenvalue weighted by atomic mass is 9.88. The molecule has 0 bridgehead atoms. The van der Waals surface area contributed by atoms with E-state index in [-0.39, 0.29) is 0 Å². The molecule has 2 rings (SSSR count). The first-order chi connectivity index (χ1) is 13.2. The SMILES string of the molecule is C/C(C#N)=C1/C=C(c2ccc(C(F)(F)F)cc2)CCC1.CC(C)CCOC=O. The van der Waals surface area contributed by atoms with Gasteiger partial charge in [0, 0.05) is 5.57 Å². The molecule has 0 radical (unpaired) electrons. The van der Waals surface area contributed by atoms with Gasteiger partial charge in [-0.05, 0) is 67.4 Å². The summed E-state index contributed by atoms with van der Waals surface area (Å²) in [4.78, 5) is 9.56.